The molecule has 1 fully saturated rings. The van der Waals surface area contributed by atoms with Crippen LogP contribution in [0.25, 0.3) is 10.4 Å². The van der Waals surface area contributed by atoms with Crippen LogP contribution in [0.1, 0.15) is 33.4 Å². The summed E-state index contributed by atoms with van der Waals surface area (Å²) in [6, 6.07) is -0.671. The molecule has 0 saturated carbocycles. The quantitative estimate of drug-likeness (QED) is 0.361. The van der Waals surface area contributed by atoms with Gasteiger partial charge in [-0.2, -0.15) is 4.98 Å². The van der Waals surface area contributed by atoms with E-state index in [0.717, 1.165) is 10.8 Å². The van der Waals surface area contributed by atoms with Crippen molar-refractivity contribution in [1.82, 2.24) is 9.55 Å². The summed E-state index contributed by atoms with van der Waals surface area (Å²) in [4.78, 5) is 18.3. The highest BCUT2D eigenvalue weighted by molar-refractivity contribution is 6.74. The summed E-state index contributed by atoms with van der Waals surface area (Å²) in [6.07, 6.45) is -0.0418. The minimum Gasteiger partial charge on any atom is -0.414 e. The van der Waals surface area contributed by atoms with Crippen molar-refractivity contribution in [3.05, 3.63) is 32.9 Å². The van der Waals surface area contributed by atoms with Crippen LogP contribution in [-0.2, 0) is 9.16 Å². The fourth-order valence-electron chi connectivity index (χ4n) is 2.42. The minimum absolute atomic E-state index is 0.0379. The summed E-state index contributed by atoms with van der Waals surface area (Å²) >= 11 is 0. The zero-order valence-corrected chi connectivity index (χ0v) is 16.6. The van der Waals surface area contributed by atoms with Crippen molar-refractivity contribution >= 4 is 14.1 Å². The van der Waals surface area contributed by atoms with Gasteiger partial charge < -0.3 is 14.9 Å². The maximum absolute atomic E-state index is 13.7. The predicted molar refractivity (Wildman–Crippen MR) is 97.5 cm³/mol. The van der Waals surface area contributed by atoms with Gasteiger partial charge in [0.05, 0.1) is 24.9 Å². The summed E-state index contributed by atoms with van der Waals surface area (Å²) in [5.41, 5.74) is 13.3. The zero-order valence-electron chi connectivity index (χ0n) is 15.6. The van der Waals surface area contributed by atoms with E-state index in [1.807, 2.05) is 0 Å². The lowest BCUT2D eigenvalue weighted by atomic mass is 10.2. The van der Waals surface area contributed by atoms with Crippen LogP contribution in [0.15, 0.2) is 16.1 Å². The molecule has 2 N–H and O–H groups in total. The van der Waals surface area contributed by atoms with Gasteiger partial charge in [0.2, 0.25) is 0 Å². The Labute approximate surface area is 152 Å². The fraction of sp³-hybridized carbons (Fsp3) is 0.733. The maximum Gasteiger partial charge on any atom is 0.351 e. The average molecular weight is 384 g/mol. The Bertz CT molecular complexity index is 772. The van der Waals surface area contributed by atoms with Gasteiger partial charge in [0.15, 0.2) is 20.0 Å². The Balaban J connectivity index is 2.20. The number of nitrogens with two attached hydrogens (primary N) is 1. The highest BCUT2D eigenvalue weighted by Crippen LogP contribution is 2.38. The molecule has 0 spiro atoms. The lowest BCUT2D eigenvalue weighted by Gasteiger charge is -2.36. The number of azide groups is 1. The number of hydrogen-bond donors (Lipinski definition) is 1. The van der Waals surface area contributed by atoms with E-state index < -0.39 is 37.9 Å². The van der Waals surface area contributed by atoms with E-state index in [9.17, 15) is 9.18 Å². The molecule has 1 aliphatic rings. The highest BCUT2D eigenvalue weighted by Gasteiger charge is 2.41. The molecule has 0 aliphatic carbocycles. The molecule has 3 atom stereocenters. The number of nitrogen functional groups attached to an aromatic ring is 1. The van der Waals surface area contributed by atoms with Crippen LogP contribution in [0.4, 0.5) is 10.2 Å². The van der Waals surface area contributed by atoms with E-state index in [4.69, 9.17) is 20.4 Å². The zero-order chi connectivity index (χ0) is 19.7. The van der Waals surface area contributed by atoms with Crippen LogP contribution in [-0.4, -0.2) is 36.6 Å². The maximum atomic E-state index is 13.7. The molecule has 2 rings (SSSR count). The summed E-state index contributed by atoms with van der Waals surface area (Å²) in [5.74, 6) is -1.32. The van der Waals surface area contributed by atoms with Gasteiger partial charge in [0.1, 0.15) is 6.23 Å². The Morgan fingerprint density at radius 3 is 2.81 bits per heavy atom. The first-order chi connectivity index (χ1) is 12.0. The van der Waals surface area contributed by atoms with Gasteiger partial charge in [-0.15, -0.1) is 0 Å². The van der Waals surface area contributed by atoms with Gasteiger partial charge in [0.25, 0.3) is 0 Å². The largest absolute Gasteiger partial charge is 0.414 e. The van der Waals surface area contributed by atoms with E-state index in [2.05, 4.69) is 48.9 Å². The number of nitrogens with zero attached hydrogens (tertiary/aromatic N) is 5. The van der Waals surface area contributed by atoms with Crippen molar-refractivity contribution in [2.75, 3.05) is 12.3 Å². The lowest BCUT2D eigenvalue weighted by Crippen LogP contribution is -2.42. The SMILES string of the molecule is CC(C)(C)[Si](C)(C)OC[C@@H]1CC(N=[N+]=[N-])[C@H](n2cc(F)c(N)nc2=O)O1. The standard InChI is InChI=1S/C15H25FN6O3Si/c1-15(2,3)26(4,5)24-8-9-6-11(20-21-18)13(25-9)22-7-10(16)12(17)19-14(22)23/h7,9,11,13H,6,8H2,1-5H3,(H2,17,19,23)/t9-,11?,13+/m0/s1. The third kappa shape index (κ3) is 4.23. The van der Waals surface area contributed by atoms with Gasteiger partial charge in [-0.3, -0.25) is 4.57 Å². The first-order valence-corrected chi connectivity index (χ1v) is 11.2. The molecule has 0 aromatic carbocycles. The molecule has 1 aromatic rings. The Morgan fingerprint density at radius 1 is 1.58 bits per heavy atom. The second kappa shape index (κ2) is 7.35. The number of rotatable bonds is 5. The Hall–Kier alpha value is -1.94. The number of halogens is 1. The number of anilines is 1. The average Bonchev–Trinajstić information content (AvgIpc) is 2.91. The second-order valence-corrected chi connectivity index (χ2v) is 12.7. The molecule has 2 heterocycles. The van der Waals surface area contributed by atoms with E-state index in [0.29, 0.717) is 13.0 Å². The van der Waals surface area contributed by atoms with E-state index >= 15 is 0 Å². The van der Waals surface area contributed by atoms with Gasteiger partial charge in [-0.1, -0.05) is 25.9 Å². The lowest BCUT2D eigenvalue weighted by molar-refractivity contribution is -0.0259. The van der Waals surface area contributed by atoms with Crippen LogP contribution in [0, 0.1) is 5.82 Å². The first kappa shape index (κ1) is 20.4. The van der Waals surface area contributed by atoms with Gasteiger partial charge in [-0.05, 0) is 30.1 Å². The van der Waals surface area contributed by atoms with Gasteiger partial charge in [0, 0.05) is 4.91 Å². The highest BCUT2D eigenvalue weighted by atomic mass is 28.4. The van der Waals surface area contributed by atoms with Crippen molar-refractivity contribution in [2.45, 2.75) is 63.7 Å². The monoisotopic (exact) mass is 384 g/mol. The molecule has 0 amide bonds. The topological polar surface area (TPSA) is 128 Å². The summed E-state index contributed by atoms with van der Waals surface area (Å²) in [7, 11) is -1.98. The fourth-order valence-corrected chi connectivity index (χ4v) is 3.45. The predicted octanol–water partition coefficient (Wildman–Crippen LogP) is 2.95. The van der Waals surface area contributed by atoms with Crippen LogP contribution in [0.5, 0.6) is 0 Å². The Morgan fingerprint density at radius 2 is 2.23 bits per heavy atom. The molecule has 1 aliphatic heterocycles. The number of aromatic nitrogens is 2. The number of ether oxygens (including phenoxy) is 1. The van der Waals surface area contributed by atoms with E-state index in [1.54, 1.807) is 0 Å². The molecule has 1 unspecified atom stereocenters. The van der Waals surface area contributed by atoms with Gasteiger partial charge in [-0.25, -0.2) is 9.18 Å². The normalized spacial score (nSPS) is 23.7. The van der Waals surface area contributed by atoms with Crippen molar-refractivity contribution in [3.8, 4) is 0 Å². The van der Waals surface area contributed by atoms with Gasteiger partial charge >= 0.3 is 5.69 Å². The van der Waals surface area contributed by atoms with Crippen LogP contribution in [0.3, 0.4) is 0 Å². The van der Waals surface area contributed by atoms with Crippen LogP contribution < -0.4 is 11.4 Å². The molecule has 0 bridgehead atoms. The molecule has 1 saturated heterocycles. The van der Waals surface area contributed by atoms with Crippen molar-refractivity contribution in [1.29, 1.82) is 0 Å². The molecular formula is C15H25FN6O3Si. The minimum atomic E-state index is -1.98. The molecule has 0 radical (unpaired) electrons. The van der Waals surface area contributed by atoms with Crippen molar-refractivity contribution in [2.24, 2.45) is 5.11 Å². The summed E-state index contributed by atoms with van der Waals surface area (Å²) < 4.78 is 26.7. The molecule has 144 valence electrons. The van der Waals surface area contributed by atoms with Crippen LogP contribution in [0.2, 0.25) is 18.1 Å². The second-order valence-electron chi connectivity index (χ2n) is 7.89. The van der Waals surface area contributed by atoms with E-state index in [1.165, 1.54) is 0 Å². The summed E-state index contributed by atoms with van der Waals surface area (Å²) in [5, 5.41) is 3.73. The molecule has 1 aromatic heterocycles. The molecule has 9 nitrogen and oxygen atoms in total. The third-order valence-corrected chi connectivity index (χ3v) is 9.51. The third-order valence-electron chi connectivity index (χ3n) is 5.01. The number of hydrogen-bond acceptors (Lipinski definition) is 6. The van der Waals surface area contributed by atoms with Crippen molar-refractivity contribution in [3.63, 3.8) is 0 Å². The first-order valence-electron chi connectivity index (χ1n) is 8.34. The van der Waals surface area contributed by atoms with Crippen LogP contribution >= 0.6 is 0 Å². The smallest absolute Gasteiger partial charge is 0.351 e. The molecular weight excluding hydrogens is 359 g/mol. The summed E-state index contributed by atoms with van der Waals surface area (Å²) in [6.45, 7) is 10.9. The Kier molecular flexibility index (Phi) is 5.76. The molecule has 26 heavy (non-hydrogen) atoms. The molecule has 11 heteroatoms. The van der Waals surface area contributed by atoms with E-state index in [-0.39, 0.29) is 11.1 Å². The van der Waals surface area contributed by atoms with Crippen molar-refractivity contribution < 1.29 is 13.6 Å².